The summed E-state index contributed by atoms with van der Waals surface area (Å²) in [5.41, 5.74) is 1.69. The minimum absolute atomic E-state index is 0.129. The first-order valence-corrected chi connectivity index (χ1v) is 15.6. The molecular formula is C32H46Cl2N3O6+. The normalized spacial score (nSPS) is 19.0. The van der Waals surface area contributed by atoms with Crippen LogP contribution >= 0.6 is 23.2 Å². The first-order valence-electron chi connectivity index (χ1n) is 14.8. The van der Waals surface area contributed by atoms with Crippen molar-refractivity contribution < 1.29 is 33.0 Å². The highest BCUT2D eigenvalue weighted by molar-refractivity contribution is 6.42. The molecule has 3 rings (SSSR count). The van der Waals surface area contributed by atoms with E-state index in [1.54, 1.807) is 12.1 Å². The fraction of sp³-hybridized carbons (Fsp3) is 0.562. The van der Waals surface area contributed by atoms with Gasteiger partial charge in [0.05, 0.1) is 82.3 Å². The second kappa shape index (κ2) is 16.3. The van der Waals surface area contributed by atoms with E-state index in [0.29, 0.717) is 65.0 Å². The number of esters is 1. The number of carbonyl (C=O) groups is 2. The zero-order chi connectivity index (χ0) is 31.6. The number of hydrogen-bond acceptors (Lipinski definition) is 6. The molecule has 0 spiro atoms. The first kappa shape index (κ1) is 34.6. The van der Waals surface area contributed by atoms with E-state index in [1.807, 2.05) is 25.1 Å². The Morgan fingerprint density at radius 1 is 0.977 bits per heavy atom. The van der Waals surface area contributed by atoms with Gasteiger partial charge in [0, 0.05) is 12.1 Å². The third-order valence-electron chi connectivity index (χ3n) is 8.26. The predicted molar refractivity (Wildman–Crippen MR) is 171 cm³/mol. The molecule has 43 heavy (non-hydrogen) atoms. The quantitative estimate of drug-likeness (QED) is 0.179. The molecule has 1 unspecified atom stereocenters. The van der Waals surface area contributed by atoms with Crippen LogP contribution in [-0.4, -0.2) is 76.6 Å². The van der Waals surface area contributed by atoms with E-state index >= 15 is 0 Å². The summed E-state index contributed by atoms with van der Waals surface area (Å²) in [7, 11) is 4.59. The number of amides is 2. The Hall–Kier alpha value is -2.88. The van der Waals surface area contributed by atoms with Crippen molar-refractivity contribution in [3.8, 4) is 17.2 Å². The van der Waals surface area contributed by atoms with Crippen molar-refractivity contribution in [1.82, 2.24) is 5.32 Å². The van der Waals surface area contributed by atoms with E-state index < -0.39 is 0 Å². The van der Waals surface area contributed by atoms with Gasteiger partial charge in [0.25, 0.3) is 0 Å². The van der Waals surface area contributed by atoms with Gasteiger partial charge in [-0.3, -0.25) is 4.79 Å². The Morgan fingerprint density at radius 3 is 2.16 bits per heavy atom. The highest BCUT2D eigenvalue weighted by Gasteiger charge is 2.38. The summed E-state index contributed by atoms with van der Waals surface area (Å²) >= 11 is 12.4. The number of anilines is 1. The molecule has 0 saturated carbocycles. The lowest BCUT2D eigenvalue weighted by Crippen LogP contribution is -2.61. The molecule has 11 heteroatoms. The number of quaternary nitrogens is 1. The average molecular weight is 640 g/mol. The van der Waals surface area contributed by atoms with Crippen LogP contribution in [0.5, 0.6) is 17.2 Å². The minimum atomic E-state index is -0.328. The van der Waals surface area contributed by atoms with E-state index in [2.05, 4.69) is 24.5 Å². The Kier molecular flexibility index (Phi) is 13.1. The van der Waals surface area contributed by atoms with Crippen molar-refractivity contribution in [1.29, 1.82) is 0 Å². The van der Waals surface area contributed by atoms with Crippen LogP contribution in [0.15, 0.2) is 30.3 Å². The van der Waals surface area contributed by atoms with Gasteiger partial charge in [-0.25, -0.2) is 4.79 Å². The molecule has 238 valence electrons. The Bertz CT molecular complexity index is 1210. The number of likely N-dealkylation sites (tertiary alicyclic amines) is 1. The van der Waals surface area contributed by atoms with Crippen molar-refractivity contribution in [2.45, 2.75) is 52.5 Å². The van der Waals surface area contributed by atoms with Crippen LogP contribution in [0.25, 0.3) is 0 Å². The van der Waals surface area contributed by atoms with Gasteiger partial charge in [0.1, 0.15) is 0 Å². The molecule has 0 aromatic heterocycles. The van der Waals surface area contributed by atoms with E-state index in [1.165, 1.54) is 26.9 Å². The number of nitrogens with one attached hydrogen (secondary N) is 2. The number of urea groups is 1. The van der Waals surface area contributed by atoms with Gasteiger partial charge in [-0.1, -0.05) is 43.1 Å². The molecule has 9 nitrogen and oxygen atoms in total. The average Bonchev–Trinajstić information content (AvgIpc) is 2.98. The van der Waals surface area contributed by atoms with Crippen LogP contribution in [0.4, 0.5) is 10.5 Å². The molecule has 2 N–H and O–H groups in total. The van der Waals surface area contributed by atoms with Crippen LogP contribution in [0.2, 0.25) is 10.0 Å². The molecule has 2 amide bonds. The molecule has 0 bridgehead atoms. The van der Waals surface area contributed by atoms with E-state index in [4.69, 9.17) is 42.1 Å². The molecule has 1 fully saturated rings. The lowest BCUT2D eigenvalue weighted by molar-refractivity contribution is -0.934. The number of rotatable bonds is 14. The molecular weight excluding hydrogens is 593 g/mol. The number of nitrogens with zero attached hydrogens (tertiary/aromatic N) is 1. The van der Waals surface area contributed by atoms with Crippen molar-refractivity contribution in [2.75, 3.05) is 59.4 Å². The van der Waals surface area contributed by atoms with Crippen LogP contribution in [-0.2, 0) is 16.0 Å². The van der Waals surface area contributed by atoms with Gasteiger partial charge in [0.15, 0.2) is 11.5 Å². The van der Waals surface area contributed by atoms with Gasteiger partial charge in [-0.05, 0) is 55.7 Å². The zero-order valence-electron chi connectivity index (χ0n) is 26.1. The number of carbonyl (C=O) groups excluding carboxylic acids is 2. The largest absolute Gasteiger partial charge is 0.493 e. The fourth-order valence-electron chi connectivity index (χ4n) is 5.76. The third kappa shape index (κ3) is 9.81. The summed E-state index contributed by atoms with van der Waals surface area (Å²) in [5.74, 6) is 1.82. The third-order valence-corrected chi connectivity index (χ3v) is 8.99. The van der Waals surface area contributed by atoms with Crippen LogP contribution < -0.4 is 24.8 Å². The van der Waals surface area contributed by atoms with Gasteiger partial charge in [0.2, 0.25) is 5.75 Å². The maximum absolute atomic E-state index is 13.2. The van der Waals surface area contributed by atoms with Crippen molar-refractivity contribution >= 4 is 40.9 Å². The van der Waals surface area contributed by atoms with Gasteiger partial charge in [-0.2, -0.15) is 0 Å². The Morgan fingerprint density at radius 2 is 1.63 bits per heavy atom. The molecule has 1 aliphatic heterocycles. The maximum Gasteiger partial charge on any atom is 0.319 e. The second-order valence-electron chi connectivity index (χ2n) is 11.5. The first-order chi connectivity index (χ1) is 20.5. The molecule has 2 aromatic rings. The van der Waals surface area contributed by atoms with Crippen LogP contribution in [0.1, 0.15) is 45.6 Å². The maximum atomic E-state index is 13.2. The van der Waals surface area contributed by atoms with Crippen LogP contribution in [0.3, 0.4) is 0 Å². The summed E-state index contributed by atoms with van der Waals surface area (Å²) in [6.45, 7) is 9.57. The lowest BCUT2D eigenvalue weighted by Gasteiger charge is -2.46. The van der Waals surface area contributed by atoms with Gasteiger partial charge in [-0.15, -0.1) is 0 Å². The fourth-order valence-corrected chi connectivity index (χ4v) is 6.08. The molecule has 1 heterocycles. The Balaban J connectivity index is 1.73. The van der Waals surface area contributed by atoms with Crippen molar-refractivity contribution in [3.63, 3.8) is 0 Å². The monoisotopic (exact) mass is 638 g/mol. The molecule has 0 radical (unpaired) electrons. The summed E-state index contributed by atoms with van der Waals surface area (Å²) in [4.78, 5) is 25.6. The smallest absolute Gasteiger partial charge is 0.319 e. The highest BCUT2D eigenvalue weighted by atomic mass is 35.5. The molecule has 1 aliphatic rings. The molecule has 2 aromatic carbocycles. The number of methoxy groups -OCH3 is 3. The summed E-state index contributed by atoms with van der Waals surface area (Å²) in [5, 5.41) is 7.25. The topological polar surface area (TPSA) is 95.1 Å². The van der Waals surface area contributed by atoms with Crippen molar-refractivity contribution in [3.05, 3.63) is 45.9 Å². The summed E-state index contributed by atoms with van der Waals surface area (Å²) < 4.78 is 22.2. The van der Waals surface area contributed by atoms with E-state index in [9.17, 15) is 9.59 Å². The number of halogens is 2. The number of benzene rings is 2. The molecule has 1 saturated heterocycles. The molecule has 0 aliphatic carbocycles. The summed E-state index contributed by atoms with van der Waals surface area (Å²) in [6.07, 6.45) is 3.28. The Labute approximate surface area is 265 Å². The predicted octanol–water partition coefficient (Wildman–Crippen LogP) is 6.59. The zero-order valence-corrected chi connectivity index (χ0v) is 27.6. The lowest BCUT2D eigenvalue weighted by atomic mass is 9.87. The second-order valence-corrected chi connectivity index (χ2v) is 12.3. The molecule has 1 atom stereocenters. The number of hydrogen-bond donors (Lipinski definition) is 2. The van der Waals surface area contributed by atoms with Gasteiger partial charge < -0.3 is 34.1 Å². The highest BCUT2D eigenvalue weighted by Crippen LogP contribution is 2.40. The summed E-state index contributed by atoms with van der Waals surface area (Å²) in [6, 6.07) is 8.77. The van der Waals surface area contributed by atoms with E-state index in [-0.39, 0.29) is 24.0 Å². The standard InChI is InChI=1S/C32H45Cl2N3O6/c1-7-43-30(38)12-15-37(13-10-22(11-14-37)16-23-8-9-25(33)26(34)17-23)20-27(21(2)3)36-32(39)35-24-18-28(40-4)31(42-6)29(19-24)41-5/h8-9,17-19,21-22,27H,7,10-16,20H2,1-6H3,(H-,35,36,39)/p+1. The number of piperidine rings is 1. The minimum Gasteiger partial charge on any atom is -0.493 e. The van der Waals surface area contributed by atoms with Gasteiger partial charge >= 0.3 is 12.0 Å². The SMILES string of the molecule is CCOC(=O)CC[N+]1(CC(NC(=O)Nc2cc(OC)c(OC)c(OC)c2)C(C)C)CCC(Cc2ccc(Cl)c(Cl)c2)CC1. The number of ether oxygens (including phenoxy) is 4. The van der Waals surface area contributed by atoms with Crippen molar-refractivity contribution in [2.24, 2.45) is 11.8 Å². The van der Waals surface area contributed by atoms with Crippen LogP contribution in [0, 0.1) is 11.8 Å². The van der Waals surface area contributed by atoms with E-state index in [0.717, 1.165) is 36.8 Å².